The van der Waals surface area contributed by atoms with Crippen molar-refractivity contribution in [2.75, 3.05) is 13.2 Å². The molecule has 1 saturated heterocycles. The van der Waals surface area contributed by atoms with Crippen LogP contribution >= 0.6 is 0 Å². The molecule has 0 saturated carbocycles. The van der Waals surface area contributed by atoms with E-state index < -0.39 is 11.1 Å². The fraction of sp³-hybridized carbons (Fsp3) is 0.909. The number of hydrogen-bond donors (Lipinski definition) is 1. The molecule has 15 heavy (non-hydrogen) atoms. The molecule has 1 aliphatic rings. The van der Waals surface area contributed by atoms with Crippen LogP contribution in [0.5, 0.6) is 0 Å². The van der Waals surface area contributed by atoms with Crippen molar-refractivity contribution in [1.29, 1.82) is 0 Å². The molecule has 1 fully saturated rings. The van der Waals surface area contributed by atoms with Crippen molar-refractivity contribution in [3.8, 4) is 0 Å². The van der Waals surface area contributed by atoms with Gasteiger partial charge in [-0.1, -0.05) is 13.8 Å². The molecule has 4 heteroatoms. The highest BCUT2D eigenvalue weighted by Gasteiger charge is 2.54. The summed E-state index contributed by atoms with van der Waals surface area (Å²) in [7, 11) is 0. The van der Waals surface area contributed by atoms with Crippen LogP contribution in [-0.4, -0.2) is 30.3 Å². The highest BCUT2D eigenvalue weighted by atomic mass is 16.6. The van der Waals surface area contributed by atoms with E-state index in [0.29, 0.717) is 6.61 Å². The van der Waals surface area contributed by atoms with E-state index in [2.05, 4.69) is 0 Å². The number of esters is 1. The zero-order valence-corrected chi connectivity index (χ0v) is 10.2. The van der Waals surface area contributed by atoms with Crippen LogP contribution in [0, 0.1) is 5.41 Å². The molecule has 0 aromatic carbocycles. The SMILES string of the molecule is CC(C)(C)OC(=O)C1(N)COCC1(C)C. The molecule has 1 atom stereocenters. The molecule has 0 aromatic heterocycles. The predicted octanol–water partition coefficient (Wildman–Crippen LogP) is 1.08. The first-order chi connectivity index (χ1) is 6.58. The predicted molar refractivity (Wildman–Crippen MR) is 57.4 cm³/mol. The summed E-state index contributed by atoms with van der Waals surface area (Å²) in [4.78, 5) is 12.0. The molecule has 0 amide bonds. The number of carbonyl (C=O) groups is 1. The molecule has 2 N–H and O–H groups in total. The fourth-order valence-electron chi connectivity index (χ4n) is 1.50. The summed E-state index contributed by atoms with van der Waals surface area (Å²) in [6, 6.07) is 0. The van der Waals surface area contributed by atoms with Crippen LogP contribution in [0.1, 0.15) is 34.6 Å². The highest BCUT2D eigenvalue weighted by Crippen LogP contribution is 2.36. The van der Waals surface area contributed by atoms with E-state index in [9.17, 15) is 4.79 Å². The maximum absolute atomic E-state index is 12.0. The first-order valence-corrected chi connectivity index (χ1v) is 5.19. The van der Waals surface area contributed by atoms with Gasteiger partial charge in [-0.3, -0.25) is 0 Å². The summed E-state index contributed by atoms with van der Waals surface area (Å²) < 4.78 is 10.6. The summed E-state index contributed by atoms with van der Waals surface area (Å²) in [5.41, 5.74) is 4.17. The number of nitrogens with two attached hydrogens (primary N) is 1. The van der Waals surface area contributed by atoms with Crippen LogP contribution in [0.4, 0.5) is 0 Å². The summed E-state index contributed by atoms with van der Waals surface area (Å²) in [5.74, 6) is -0.377. The van der Waals surface area contributed by atoms with E-state index in [0.717, 1.165) is 0 Å². The Morgan fingerprint density at radius 1 is 1.33 bits per heavy atom. The van der Waals surface area contributed by atoms with Gasteiger partial charge in [0.2, 0.25) is 0 Å². The third-order valence-corrected chi connectivity index (χ3v) is 2.76. The van der Waals surface area contributed by atoms with E-state index in [1.165, 1.54) is 0 Å². The zero-order chi connectivity index (χ0) is 11.9. The van der Waals surface area contributed by atoms with Crippen LogP contribution < -0.4 is 5.73 Å². The molecule has 1 unspecified atom stereocenters. The zero-order valence-electron chi connectivity index (χ0n) is 10.2. The normalized spacial score (nSPS) is 30.3. The van der Waals surface area contributed by atoms with E-state index in [1.54, 1.807) is 0 Å². The second-order valence-corrected chi connectivity index (χ2v) is 5.85. The summed E-state index contributed by atoms with van der Waals surface area (Å²) in [6.07, 6.45) is 0. The Morgan fingerprint density at radius 3 is 2.20 bits per heavy atom. The lowest BCUT2D eigenvalue weighted by Gasteiger charge is -2.35. The van der Waals surface area contributed by atoms with Gasteiger partial charge in [-0.05, 0) is 20.8 Å². The molecule has 1 rings (SSSR count). The molecule has 0 aliphatic carbocycles. The maximum atomic E-state index is 12.0. The second kappa shape index (κ2) is 3.46. The van der Waals surface area contributed by atoms with Crippen molar-refractivity contribution in [3.63, 3.8) is 0 Å². The van der Waals surface area contributed by atoms with Crippen LogP contribution in [0.2, 0.25) is 0 Å². The van der Waals surface area contributed by atoms with Crippen molar-refractivity contribution >= 4 is 5.97 Å². The molecule has 0 aromatic rings. The number of rotatable bonds is 1. The first kappa shape index (κ1) is 12.5. The number of ether oxygens (including phenoxy) is 2. The van der Waals surface area contributed by atoms with Crippen molar-refractivity contribution in [3.05, 3.63) is 0 Å². The summed E-state index contributed by atoms with van der Waals surface area (Å²) >= 11 is 0. The Labute approximate surface area is 91.1 Å². The average molecular weight is 215 g/mol. The minimum absolute atomic E-state index is 0.231. The molecule has 4 nitrogen and oxygen atoms in total. The molecule has 0 radical (unpaired) electrons. The lowest BCUT2D eigenvalue weighted by Crippen LogP contribution is -2.60. The molecule has 88 valence electrons. The van der Waals surface area contributed by atoms with Crippen LogP contribution in [0.25, 0.3) is 0 Å². The molecular formula is C11H21NO3. The van der Waals surface area contributed by atoms with E-state index >= 15 is 0 Å². The van der Waals surface area contributed by atoms with Crippen LogP contribution in [0.3, 0.4) is 0 Å². The summed E-state index contributed by atoms with van der Waals surface area (Å²) in [5, 5.41) is 0. The second-order valence-electron chi connectivity index (χ2n) is 5.85. The van der Waals surface area contributed by atoms with Gasteiger partial charge in [-0.2, -0.15) is 0 Å². The van der Waals surface area contributed by atoms with E-state index in [4.69, 9.17) is 15.2 Å². The minimum atomic E-state index is -1.03. The minimum Gasteiger partial charge on any atom is -0.459 e. The number of hydrogen-bond acceptors (Lipinski definition) is 4. The quantitative estimate of drug-likeness (QED) is 0.665. The Bertz CT molecular complexity index is 267. The topological polar surface area (TPSA) is 61.5 Å². The van der Waals surface area contributed by atoms with Crippen LogP contribution in [-0.2, 0) is 14.3 Å². The molecular weight excluding hydrogens is 194 g/mol. The molecule has 1 aliphatic heterocycles. The third-order valence-electron chi connectivity index (χ3n) is 2.76. The monoisotopic (exact) mass is 215 g/mol. The Hall–Kier alpha value is -0.610. The largest absolute Gasteiger partial charge is 0.459 e. The Balaban J connectivity index is 2.83. The van der Waals surface area contributed by atoms with Gasteiger partial charge in [0.15, 0.2) is 0 Å². The van der Waals surface area contributed by atoms with Crippen molar-refractivity contribution in [1.82, 2.24) is 0 Å². The highest BCUT2D eigenvalue weighted by molar-refractivity contribution is 5.82. The Kier molecular flexibility index (Phi) is 2.87. The van der Waals surface area contributed by atoms with Gasteiger partial charge in [-0.25, -0.2) is 4.79 Å². The van der Waals surface area contributed by atoms with Crippen molar-refractivity contribution in [2.24, 2.45) is 11.1 Å². The van der Waals surface area contributed by atoms with Gasteiger partial charge in [-0.15, -0.1) is 0 Å². The van der Waals surface area contributed by atoms with Crippen molar-refractivity contribution in [2.45, 2.75) is 45.8 Å². The smallest absolute Gasteiger partial charge is 0.329 e. The molecule has 0 bridgehead atoms. The fourth-order valence-corrected chi connectivity index (χ4v) is 1.50. The van der Waals surface area contributed by atoms with Gasteiger partial charge in [0.1, 0.15) is 11.1 Å². The van der Waals surface area contributed by atoms with Gasteiger partial charge in [0, 0.05) is 5.41 Å². The van der Waals surface area contributed by atoms with E-state index in [-0.39, 0.29) is 18.0 Å². The van der Waals surface area contributed by atoms with Gasteiger partial charge < -0.3 is 15.2 Å². The van der Waals surface area contributed by atoms with Gasteiger partial charge in [0.05, 0.1) is 13.2 Å². The number of carbonyl (C=O) groups excluding carboxylic acids is 1. The van der Waals surface area contributed by atoms with E-state index in [1.807, 2.05) is 34.6 Å². The van der Waals surface area contributed by atoms with Crippen LogP contribution in [0.15, 0.2) is 0 Å². The summed E-state index contributed by atoms with van der Waals surface area (Å²) in [6.45, 7) is 10.1. The average Bonchev–Trinajstić information content (AvgIpc) is 2.24. The standard InChI is InChI=1S/C11H21NO3/c1-9(2,3)15-8(13)11(12)7-14-6-10(11,4)5/h6-7,12H2,1-5H3. The maximum Gasteiger partial charge on any atom is 0.329 e. The molecule has 1 heterocycles. The lowest BCUT2D eigenvalue weighted by atomic mass is 9.75. The third kappa shape index (κ3) is 2.32. The molecule has 0 spiro atoms. The van der Waals surface area contributed by atoms with Gasteiger partial charge in [0.25, 0.3) is 0 Å². The van der Waals surface area contributed by atoms with Crippen molar-refractivity contribution < 1.29 is 14.3 Å². The van der Waals surface area contributed by atoms with Gasteiger partial charge >= 0.3 is 5.97 Å². The Morgan fingerprint density at radius 2 is 1.87 bits per heavy atom. The lowest BCUT2D eigenvalue weighted by molar-refractivity contribution is -0.164. The first-order valence-electron chi connectivity index (χ1n) is 5.19.